The van der Waals surface area contributed by atoms with Crippen molar-refractivity contribution in [3.8, 4) is 0 Å². The van der Waals surface area contributed by atoms with Crippen LogP contribution < -0.4 is 9.62 Å². The Hall–Kier alpha value is -2.01. The Morgan fingerprint density at radius 3 is 2.89 bits per heavy atom. The number of rotatable bonds is 7. The van der Waals surface area contributed by atoms with Crippen LogP contribution in [0.15, 0.2) is 40.7 Å². The molecule has 1 N–H and O–H groups in total. The van der Waals surface area contributed by atoms with E-state index < -0.39 is 10.0 Å². The Labute approximate surface area is 169 Å². The number of carbonyl (C=O) groups is 1. The summed E-state index contributed by atoms with van der Waals surface area (Å²) in [6.07, 6.45) is 2.61. The lowest BCUT2D eigenvalue weighted by molar-refractivity contribution is 0.0767. The molecule has 2 aromatic rings. The molecule has 1 aromatic heterocycles. The molecule has 1 aliphatic heterocycles. The second-order valence-corrected chi connectivity index (χ2v) is 9.01. The molecule has 0 aliphatic carbocycles. The summed E-state index contributed by atoms with van der Waals surface area (Å²) in [5.41, 5.74) is 0.373. The molecule has 0 atom stereocenters. The molecule has 0 radical (unpaired) electrons. The molecule has 1 aliphatic rings. The first-order chi connectivity index (χ1) is 13.5. The fraction of sp³-hybridized carbons (Fsp3) is 0.444. The average molecular weight is 425 g/mol. The van der Waals surface area contributed by atoms with Crippen LogP contribution in [0.4, 0.5) is 5.13 Å². The van der Waals surface area contributed by atoms with Gasteiger partial charge in [0.05, 0.1) is 11.5 Å². The van der Waals surface area contributed by atoms with E-state index in [1.807, 2.05) is 5.38 Å². The van der Waals surface area contributed by atoms with Crippen LogP contribution in [-0.4, -0.2) is 70.6 Å². The summed E-state index contributed by atoms with van der Waals surface area (Å²) in [5, 5.41) is 2.90. The minimum Gasteiger partial charge on any atom is -0.383 e. The lowest BCUT2D eigenvalue weighted by Crippen LogP contribution is -2.35. The normalized spacial score (nSPS) is 15.5. The van der Waals surface area contributed by atoms with E-state index in [9.17, 15) is 13.2 Å². The number of benzene rings is 1. The van der Waals surface area contributed by atoms with Crippen molar-refractivity contribution in [1.82, 2.24) is 14.6 Å². The number of aromatic nitrogens is 1. The average Bonchev–Trinajstić information content (AvgIpc) is 3.12. The van der Waals surface area contributed by atoms with Crippen LogP contribution in [-0.2, 0) is 14.8 Å². The number of ether oxygens (including phenoxy) is 1. The van der Waals surface area contributed by atoms with E-state index in [-0.39, 0.29) is 24.0 Å². The monoisotopic (exact) mass is 424 g/mol. The number of sulfonamides is 1. The lowest BCUT2D eigenvalue weighted by atomic mass is 10.2. The van der Waals surface area contributed by atoms with E-state index in [1.165, 1.54) is 19.2 Å². The predicted molar refractivity (Wildman–Crippen MR) is 108 cm³/mol. The highest BCUT2D eigenvalue weighted by atomic mass is 32.2. The van der Waals surface area contributed by atoms with Gasteiger partial charge in [-0.1, -0.05) is 6.07 Å². The maximum Gasteiger partial charge on any atom is 0.253 e. The van der Waals surface area contributed by atoms with Gasteiger partial charge in [-0.05, 0) is 24.6 Å². The van der Waals surface area contributed by atoms with E-state index in [4.69, 9.17) is 4.74 Å². The van der Waals surface area contributed by atoms with E-state index in [0.717, 1.165) is 18.1 Å². The molecule has 28 heavy (non-hydrogen) atoms. The Morgan fingerprint density at radius 1 is 1.29 bits per heavy atom. The van der Waals surface area contributed by atoms with Gasteiger partial charge in [0.1, 0.15) is 0 Å². The van der Waals surface area contributed by atoms with Crippen molar-refractivity contribution in [2.75, 3.05) is 51.3 Å². The first-order valence-corrected chi connectivity index (χ1v) is 11.4. The quantitative estimate of drug-likeness (QED) is 0.676. The lowest BCUT2D eigenvalue weighted by Gasteiger charge is -2.22. The molecule has 0 spiro atoms. The van der Waals surface area contributed by atoms with Gasteiger partial charge in [0.25, 0.3) is 5.91 Å². The summed E-state index contributed by atoms with van der Waals surface area (Å²) in [5.74, 6) is -0.157. The van der Waals surface area contributed by atoms with Gasteiger partial charge in [-0.25, -0.2) is 18.1 Å². The first kappa shape index (κ1) is 20.7. The van der Waals surface area contributed by atoms with Crippen LogP contribution in [0.2, 0.25) is 0 Å². The van der Waals surface area contributed by atoms with Crippen molar-refractivity contribution in [2.45, 2.75) is 11.3 Å². The zero-order valence-corrected chi connectivity index (χ0v) is 17.3. The van der Waals surface area contributed by atoms with Gasteiger partial charge in [-0.2, -0.15) is 0 Å². The van der Waals surface area contributed by atoms with E-state index >= 15 is 0 Å². The highest BCUT2D eigenvalue weighted by molar-refractivity contribution is 7.89. The third-order valence-corrected chi connectivity index (χ3v) is 6.75. The first-order valence-electron chi connectivity index (χ1n) is 9.03. The molecule has 8 nitrogen and oxygen atoms in total. The number of amides is 1. The summed E-state index contributed by atoms with van der Waals surface area (Å²) >= 11 is 1.59. The van der Waals surface area contributed by atoms with E-state index in [1.54, 1.807) is 34.6 Å². The SMILES string of the molecule is COCCNS(=O)(=O)c1cccc(C(=O)N2CCCN(c3nccs3)CC2)c1. The third-order valence-electron chi connectivity index (χ3n) is 4.46. The van der Waals surface area contributed by atoms with Crippen molar-refractivity contribution in [3.05, 3.63) is 41.4 Å². The van der Waals surface area contributed by atoms with Crippen LogP contribution in [0, 0.1) is 0 Å². The van der Waals surface area contributed by atoms with Crippen LogP contribution in [0.5, 0.6) is 0 Å². The van der Waals surface area contributed by atoms with Gasteiger partial charge in [-0.15, -0.1) is 11.3 Å². The van der Waals surface area contributed by atoms with Crippen molar-refractivity contribution in [3.63, 3.8) is 0 Å². The standard InChI is InChI=1S/C18H24N4O4S2/c1-26-12-6-20-28(24,25)16-5-2-4-15(14-16)17(23)21-8-3-9-22(11-10-21)18-19-7-13-27-18/h2,4-5,7,13-14,20H,3,6,8-12H2,1H3. The molecule has 152 valence electrons. The molecule has 0 bridgehead atoms. The number of nitrogens with zero attached hydrogens (tertiary/aromatic N) is 3. The number of hydrogen-bond acceptors (Lipinski definition) is 7. The summed E-state index contributed by atoms with van der Waals surface area (Å²) in [6, 6.07) is 6.16. The summed E-state index contributed by atoms with van der Waals surface area (Å²) in [6.45, 7) is 3.20. The van der Waals surface area contributed by atoms with Gasteiger partial charge >= 0.3 is 0 Å². The fourth-order valence-electron chi connectivity index (χ4n) is 3.02. The molecule has 1 saturated heterocycles. The minimum atomic E-state index is -3.68. The summed E-state index contributed by atoms with van der Waals surface area (Å²) in [7, 11) is -2.18. The van der Waals surface area contributed by atoms with Crippen molar-refractivity contribution >= 4 is 32.4 Å². The number of nitrogens with one attached hydrogen (secondary N) is 1. The molecule has 1 fully saturated rings. The highest BCUT2D eigenvalue weighted by Gasteiger charge is 2.23. The Balaban J connectivity index is 1.69. The molecule has 0 saturated carbocycles. The zero-order valence-electron chi connectivity index (χ0n) is 15.7. The van der Waals surface area contributed by atoms with Crippen LogP contribution >= 0.6 is 11.3 Å². The topological polar surface area (TPSA) is 91.8 Å². The second kappa shape index (κ2) is 9.46. The molecule has 3 rings (SSSR count). The highest BCUT2D eigenvalue weighted by Crippen LogP contribution is 2.20. The van der Waals surface area contributed by atoms with Gasteiger partial charge in [0, 0.05) is 57.0 Å². The third kappa shape index (κ3) is 5.07. The van der Waals surface area contributed by atoms with Crippen LogP contribution in [0.1, 0.15) is 16.8 Å². The number of methoxy groups -OCH3 is 1. The van der Waals surface area contributed by atoms with Crippen molar-refractivity contribution in [1.29, 1.82) is 0 Å². The number of hydrogen-bond donors (Lipinski definition) is 1. The number of anilines is 1. The maximum absolute atomic E-state index is 12.9. The van der Waals surface area contributed by atoms with E-state index in [0.29, 0.717) is 25.2 Å². The predicted octanol–water partition coefficient (Wildman–Crippen LogP) is 1.42. The van der Waals surface area contributed by atoms with Crippen LogP contribution in [0.3, 0.4) is 0 Å². The number of thiazole rings is 1. The summed E-state index contributed by atoms with van der Waals surface area (Å²) in [4.78, 5) is 21.3. The Bertz CT molecular complexity index is 887. The van der Waals surface area contributed by atoms with Crippen molar-refractivity contribution in [2.24, 2.45) is 0 Å². The smallest absolute Gasteiger partial charge is 0.253 e. The minimum absolute atomic E-state index is 0.0775. The fourth-order valence-corrected chi connectivity index (χ4v) is 4.78. The molecule has 1 aromatic carbocycles. The van der Waals surface area contributed by atoms with Gasteiger partial charge in [-0.3, -0.25) is 4.79 Å². The number of carbonyl (C=O) groups excluding carboxylic acids is 1. The molecule has 2 heterocycles. The Kier molecular flexibility index (Phi) is 7.00. The molecule has 0 unspecified atom stereocenters. The van der Waals surface area contributed by atoms with E-state index in [2.05, 4.69) is 14.6 Å². The molecular weight excluding hydrogens is 400 g/mol. The summed E-state index contributed by atoms with van der Waals surface area (Å²) < 4.78 is 32.1. The largest absolute Gasteiger partial charge is 0.383 e. The zero-order chi connectivity index (χ0) is 20.0. The van der Waals surface area contributed by atoms with Crippen LogP contribution in [0.25, 0.3) is 0 Å². The Morgan fingerprint density at radius 2 is 2.14 bits per heavy atom. The van der Waals surface area contributed by atoms with Gasteiger partial charge in [0.15, 0.2) is 5.13 Å². The maximum atomic E-state index is 12.9. The second-order valence-electron chi connectivity index (χ2n) is 6.37. The molecule has 1 amide bonds. The van der Waals surface area contributed by atoms with Gasteiger partial charge in [0.2, 0.25) is 10.0 Å². The van der Waals surface area contributed by atoms with Gasteiger partial charge < -0.3 is 14.5 Å². The molecule has 10 heteroatoms. The molecular formula is C18H24N4O4S2. The van der Waals surface area contributed by atoms with Crippen molar-refractivity contribution < 1.29 is 17.9 Å².